The van der Waals surface area contributed by atoms with Crippen LogP contribution in [0.4, 0.5) is 4.39 Å². The lowest BCUT2D eigenvalue weighted by Gasteiger charge is -2.37. The monoisotopic (exact) mass is 349 g/mol. The Morgan fingerprint density at radius 1 is 1.32 bits per heavy atom. The van der Waals surface area contributed by atoms with Crippen molar-refractivity contribution in [2.75, 3.05) is 20.3 Å². The molecule has 2 N–H and O–H groups in total. The van der Waals surface area contributed by atoms with E-state index in [1.54, 1.807) is 19.2 Å². The highest BCUT2D eigenvalue weighted by Crippen LogP contribution is 2.28. The average molecular weight is 349 g/mol. The lowest BCUT2D eigenvalue weighted by molar-refractivity contribution is -0.137. The number of amides is 1. The van der Waals surface area contributed by atoms with Gasteiger partial charge in [0.15, 0.2) is 0 Å². The van der Waals surface area contributed by atoms with E-state index in [4.69, 9.17) is 4.74 Å². The number of hydrazine groups is 1. The Bertz CT molecular complexity index is 584. The number of halogens is 1. The molecule has 3 atom stereocenters. The summed E-state index contributed by atoms with van der Waals surface area (Å²) < 4.78 is 19.1. The van der Waals surface area contributed by atoms with Crippen molar-refractivity contribution in [3.8, 4) is 0 Å². The van der Waals surface area contributed by atoms with Gasteiger partial charge in [-0.3, -0.25) is 4.79 Å². The molecule has 0 bridgehead atoms. The minimum atomic E-state index is -0.298. The minimum Gasteiger partial charge on any atom is -0.385 e. The molecule has 6 heteroatoms. The van der Waals surface area contributed by atoms with E-state index in [2.05, 4.69) is 10.9 Å². The predicted molar refractivity (Wildman–Crippen MR) is 94.3 cm³/mol. The van der Waals surface area contributed by atoms with Gasteiger partial charge in [0.05, 0.1) is 6.04 Å². The second-order valence-corrected chi connectivity index (χ2v) is 6.97. The molecule has 2 aliphatic heterocycles. The standard InChI is InChI=1S/C19H28FN3O2/c1-25-12-6-8-14-7-4-5-11-23(14)19(24)18-13-17(21-22-18)15-9-2-3-10-16(15)20/h2-3,9-10,14,17-18,21-22H,4-8,11-13H2,1H3. The predicted octanol–water partition coefficient (Wildman–Crippen LogP) is 2.54. The molecule has 2 aliphatic rings. The molecule has 0 aliphatic carbocycles. The highest BCUT2D eigenvalue weighted by molar-refractivity contribution is 5.82. The fourth-order valence-corrected chi connectivity index (χ4v) is 3.93. The van der Waals surface area contributed by atoms with E-state index in [0.29, 0.717) is 18.0 Å². The van der Waals surface area contributed by atoms with Gasteiger partial charge in [-0.25, -0.2) is 15.2 Å². The highest BCUT2D eigenvalue weighted by atomic mass is 19.1. The van der Waals surface area contributed by atoms with Gasteiger partial charge < -0.3 is 9.64 Å². The third kappa shape index (κ3) is 4.37. The van der Waals surface area contributed by atoms with Gasteiger partial charge in [0.25, 0.3) is 0 Å². The van der Waals surface area contributed by atoms with Gasteiger partial charge in [0.2, 0.25) is 5.91 Å². The van der Waals surface area contributed by atoms with Crippen LogP contribution in [0.25, 0.3) is 0 Å². The zero-order valence-corrected chi connectivity index (χ0v) is 14.8. The smallest absolute Gasteiger partial charge is 0.241 e. The molecule has 0 saturated carbocycles. The first-order valence-corrected chi connectivity index (χ1v) is 9.25. The molecule has 1 amide bonds. The van der Waals surface area contributed by atoms with Crippen LogP contribution in [-0.4, -0.2) is 43.2 Å². The largest absolute Gasteiger partial charge is 0.385 e. The number of benzene rings is 1. The molecular formula is C19H28FN3O2. The number of piperidine rings is 1. The maximum atomic E-state index is 14.0. The van der Waals surface area contributed by atoms with Crippen LogP contribution in [0.3, 0.4) is 0 Å². The quantitative estimate of drug-likeness (QED) is 0.775. The minimum absolute atomic E-state index is 0.133. The van der Waals surface area contributed by atoms with Crippen molar-refractivity contribution >= 4 is 5.91 Å². The number of nitrogens with one attached hydrogen (secondary N) is 2. The molecular weight excluding hydrogens is 321 g/mol. The van der Waals surface area contributed by atoms with Crippen molar-refractivity contribution in [1.82, 2.24) is 15.8 Å². The summed E-state index contributed by atoms with van der Waals surface area (Å²) in [6.07, 6.45) is 5.82. The van der Waals surface area contributed by atoms with E-state index in [1.165, 1.54) is 12.5 Å². The van der Waals surface area contributed by atoms with Crippen LogP contribution in [0.1, 0.15) is 50.1 Å². The first-order valence-electron chi connectivity index (χ1n) is 9.25. The number of hydrogen-bond donors (Lipinski definition) is 2. The molecule has 2 saturated heterocycles. The lowest BCUT2D eigenvalue weighted by atomic mass is 9.95. The van der Waals surface area contributed by atoms with E-state index < -0.39 is 0 Å². The maximum Gasteiger partial charge on any atom is 0.241 e. The first kappa shape index (κ1) is 18.3. The normalized spacial score (nSPS) is 26.8. The summed E-state index contributed by atoms with van der Waals surface area (Å²) in [6.45, 7) is 1.55. The number of methoxy groups -OCH3 is 1. The van der Waals surface area contributed by atoms with Crippen LogP contribution in [0.2, 0.25) is 0 Å². The van der Waals surface area contributed by atoms with Crippen LogP contribution < -0.4 is 10.9 Å². The fraction of sp³-hybridized carbons (Fsp3) is 0.632. The van der Waals surface area contributed by atoms with Crippen LogP contribution >= 0.6 is 0 Å². The Hall–Kier alpha value is -1.50. The number of carbonyl (C=O) groups is 1. The van der Waals surface area contributed by atoms with Gasteiger partial charge in [0, 0.05) is 31.9 Å². The summed E-state index contributed by atoms with van der Waals surface area (Å²) >= 11 is 0. The SMILES string of the molecule is COCCCC1CCCCN1C(=O)C1CC(c2ccccc2F)NN1. The van der Waals surface area contributed by atoms with Crippen LogP contribution in [-0.2, 0) is 9.53 Å². The van der Waals surface area contributed by atoms with Crippen molar-refractivity contribution in [2.45, 2.75) is 56.7 Å². The van der Waals surface area contributed by atoms with Crippen LogP contribution in [0, 0.1) is 5.82 Å². The molecule has 0 radical (unpaired) electrons. The molecule has 138 valence electrons. The van der Waals surface area contributed by atoms with Gasteiger partial charge in [0.1, 0.15) is 11.9 Å². The van der Waals surface area contributed by atoms with Crippen LogP contribution in [0.15, 0.2) is 24.3 Å². The molecule has 0 spiro atoms. The summed E-state index contributed by atoms with van der Waals surface area (Å²) in [5, 5.41) is 0. The third-order valence-corrected chi connectivity index (χ3v) is 5.28. The molecule has 5 nitrogen and oxygen atoms in total. The second-order valence-electron chi connectivity index (χ2n) is 6.97. The number of carbonyl (C=O) groups excluding carboxylic acids is 1. The zero-order chi connectivity index (χ0) is 17.6. The van der Waals surface area contributed by atoms with Crippen LogP contribution in [0.5, 0.6) is 0 Å². The topological polar surface area (TPSA) is 53.6 Å². The van der Waals surface area contributed by atoms with Crippen molar-refractivity contribution in [3.05, 3.63) is 35.6 Å². The Balaban J connectivity index is 1.61. The van der Waals surface area contributed by atoms with E-state index in [9.17, 15) is 9.18 Å². The Labute approximate surface area is 148 Å². The number of nitrogens with zero attached hydrogens (tertiary/aromatic N) is 1. The van der Waals surface area contributed by atoms with Crippen molar-refractivity contribution in [3.63, 3.8) is 0 Å². The Morgan fingerprint density at radius 3 is 2.96 bits per heavy atom. The van der Waals surface area contributed by atoms with Crippen molar-refractivity contribution < 1.29 is 13.9 Å². The number of rotatable bonds is 6. The van der Waals surface area contributed by atoms with Crippen molar-refractivity contribution in [1.29, 1.82) is 0 Å². The molecule has 2 heterocycles. The summed E-state index contributed by atoms with van der Waals surface area (Å²) in [7, 11) is 1.71. The van der Waals surface area contributed by atoms with Crippen molar-refractivity contribution in [2.24, 2.45) is 0 Å². The Morgan fingerprint density at radius 2 is 2.16 bits per heavy atom. The first-order chi connectivity index (χ1) is 12.2. The highest BCUT2D eigenvalue weighted by Gasteiger charge is 2.36. The third-order valence-electron chi connectivity index (χ3n) is 5.28. The maximum absolute atomic E-state index is 14.0. The van der Waals surface area contributed by atoms with Gasteiger partial charge in [-0.1, -0.05) is 18.2 Å². The molecule has 3 unspecified atom stereocenters. The van der Waals surface area contributed by atoms with Gasteiger partial charge in [-0.15, -0.1) is 0 Å². The molecule has 0 aromatic heterocycles. The zero-order valence-electron chi connectivity index (χ0n) is 14.8. The molecule has 25 heavy (non-hydrogen) atoms. The molecule has 2 fully saturated rings. The summed E-state index contributed by atoms with van der Waals surface area (Å²) in [5.41, 5.74) is 6.79. The van der Waals surface area contributed by atoms with Gasteiger partial charge in [-0.2, -0.15) is 0 Å². The van der Waals surface area contributed by atoms with E-state index in [1.807, 2.05) is 11.0 Å². The van der Waals surface area contributed by atoms with E-state index in [-0.39, 0.29) is 23.8 Å². The molecule has 3 rings (SSSR count). The number of ether oxygens (including phenoxy) is 1. The number of likely N-dealkylation sites (tertiary alicyclic amines) is 1. The van der Waals surface area contributed by atoms with Gasteiger partial charge in [-0.05, 0) is 44.6 Å². The summed E-state index contributed by atoms with van der Waals surface area (Å²) in [5.74, 6) is -0.0984. The van der Waals surface area contributed by atoms with E-state index >= 15 is 0 Å². The fourth-order valence-electron chi connectivity index (χ4n) is 3.93. The van der Waals surface area contributed by atoms with Gasteiger partial charge >= 0.3 is 0 Å². The lowest BCUT2D eigenvalue weighted by Crippen LogP contribution is -2.51. The average Bonchev–Trinajstić information content (AvgIpc) is 3.12. The second kappa shape index (κ2) is 8.74. The van der Waals surface area contributed by atoms with E-state index in [0.717, 1.165) is 38.8 Å². The number of hydrogen-bond acceptors (Lipinski definition) is 4. The molecule has 1 aromatic carbocycles. The summed E-state index contributed by atoms with van der Waals surface area (Å²) in [6, 6.07) is 6.57. The Kier molecular flexibility index (Phi) is 6.39. The summed E-state index contributed by atoms with van der Waals surface area (Å²) in [4.78, 5) is 15.0. The molecule has 1 aromatic rings.